The van der Waals surface area contributed by atoms with Gasteiger partial charge in [0.15, 0.2) is 0 Å². The van der Waals surface area contributed by atoms with Gasteiger partial charge in [-0.25, -0.2) is 0 Å². The molecule has 1 heterocycles. The number of alkyl halides is 8. The minimum atomic E-state index is -6.49. The Balaban J connectivity index is 1.64. The Morgan fingerprint density at radius 2 is 1.44 bits per heavy atom. The van der Waals surface area contributed by atoms with E-state index in [1.807, 2.05) is 36.4 Å². The lowest BCUT2D eigenvalue weighted by atomic mass is 9.95. The van der Waals surface area contributed by atoms with Crippen LogP contribution in [0.5, 0.6) is 5.75 Å². The number of nitrogens with two attached hydrogens (primary N) is 2. The summed E-state index contributed by atoms with van der Waals surface area (Å²) in [7, 11) is 0. The van der Waals surface area contributed by atoms with E-state index in [1.54, 1.807) is 6.07 Å². The van der Waals surface area contributed by atoms with Gasteiger partial charge in [-0.05, 0) is 35.2 Å². The van der Waals surface area contributed by atoms with Gasteiger partial charge in [0.1, 0.15) is 11.8 Å². The number of carbonyl (C=O) groups is 1. The summed E-state index contributed by atoms with van der Waals surface area (Å²) in [6.45, 7) is -3.11. The normalized spacial score (nSPS) is 13.9. The summed E-state index contributed by atoms with van der Waals surface area (Å²) >= 11 is 1.35. The maximum absolute atomic E-state index is 14.2. The predicted molar refractivity (Wildman–Crippen MR) is 130 cm³/mol. The van der Waals surface area contributed by atoms with Crippen molar-refractivity contribution in [1.82, 2.24) is 0 Å². The lowest BCUT2D eigenvalue weighted by Crippen LogP contribution is -2.62. The molecule has 39 heavy (non-hydrogen) atoms. The van der Waals surface area contributed by atoms with Gasteiger partial charge in [-0.3, -0.25) is 4.79 Å². The van der Waals surface area contributed by atoms with Crippen LogP contribution in [0.1, 0.15) is 12.8 Å². The highest BCUT2D eigenvalue weighted by molar-refractivity contribution is 7.22. The van der Waals surface area contributed by atoms with Crippen molar-refractivity contribution in [2.75, 3.05) is 19.8 Å². The zero-order valence-electron chi connectivity index (χ0n) is 20.1. The number of hydrogen-bond acceptors (Lipinski definition) is 6. The molecule has 0 radical (unpaired) electrons. The van der Waals surface area contributed by atoms with Crippen LogP contribution in [0.3, 0.4) is 0 Å². The highest BCUT2D eigenvalue weighted by atomic mass is 32.1. The number of rotatable bonds is 13. The number of carbonyl (C=O) groups excluding carboxylic acids is 1. The highest BCUT2D eigenvalue weighted by Crippen LogP contribution is 2.54. The van der Waals surface area contributed by atoms with Crippen molar-refractivity contribution in [2.45, 2.75) is 42.6 Å². The lowest BCUT2D eigenvalue weighted by molar-refractivity contribution is -0.369. The average molecular weight is 585 g/mol. The van der Waals surface area contributed by atoms with Crippen molar-refractivity contribution in [3.8, 4) is 16.2 Å². The Morgan fingerprint density at radius 1 is 0.846 bits per heavy atom. The molecule has 0 saturated carbocycles. The Bertz CT molecular complexity index is 1270. The molecule has 0 aliphatic heterocycles. The van der Waals surface area contributed by atoms with Gasteiger partial charge in [0.25, 0.3) is 0 Å². The first kappa shape index (κ1) is 30.6. The van der Waals surface area contributed by atoms with Gasteiger partial charge in [-0.1, -0.05) is 30.3 Å². The molecule has 5 nitrogen and oxygen atoms in total. The Hall–Kier alpha value is -2.97. The van der Waals surface area contributed by atoms with Crippen molar-refractivity contribution in [3.63, 3.8) is 0 Å². The molecule has 3 aromatic rings. The smallest absolute Gasteiger partial charge is 0.378 e. The molecule has 3 rings (SSSR count). The predicted octanol–water partition coefficient (Wildman–Crippen LogP) is 6.10. The third-order valence-electron chi connectivity index (χ3n) is 5.76. The monoisotopic (exact) mass is 584 g/mol. The fourth-order valence-electron chi connectivity index (χ4n) is 3.40. The third-order valence-corrected chi connectivity index (χ3v) is 6.91. The second-order valence-corrected chi connectivity index (χ2v) is 9.68. The van der Waals surface area contributed by atoms with Crippen LogP contribution in [0, 0.1) is 0 Å². The Morgan fingerprint density at radius 3 is 2.03 bits per heavy atom. The maximum atomic E-state index is 14.2. The molecular weight excluding hydrogens is 560 g/mol. The van der Waals surface area contributed by atoms with E-state index in [4.69, 9.17) is 16.2 Å². The SMILES string of the molecule is NCC(N)C(=O)OCCC(F)(F)C(F)(F)C(F)(F)C(F)(F)CCOc1ccc2cc(-c3ccccc3)sc2c1. The zero-order chi connectivity index (χ0) is 29.1. The van der Waals surface area contributed by atoms with Crippen LogP contribution >= 0.6 is 11.3 Å². The first-order valence-corrected chi connectivity index (χ1v) is 12.3. The first-order chi connectivity index (χ1) is 18.1. The molecule has 2 aromatic carbocycles. The average Bonchev–Trinajstić information content (AvgIpc) is 3.31. The van der Waals surface area contributed by atoms with Gasteiger partial charge in [0, 0.05) is 16.1 Å². The Labute approximate surface area is 221 Å². The zero-order valence-corrected chi connectivity index (χ0v) is 20.9. The summed E-state index contributed by atoms with van der Waals surface area (Å²) in [6, 6.07) is 14.2. The van der Waals surface area contributed by atoms with Gasteiger partial charge in [0.2, 0.25) is 0 Å². The minimum Gasteiger partial charge on any atom is -0.493 e. The molecule has 0 aliphatic carbocycles. The van der Waals surface area contributed by atoms with Crippen LogP contribution in [0.25, 0.3) is 20.5 Å². The van der Waals surface area contributed by atoms with Crippen LogP contribution in [0.4, 0.5) is 35.1 Å². The molecule has 14 heteroatoms. The molecule has 1 atom stereocenters. The topological polar surface area (TPSA) is 87.6 Å². The maximum Gasteiger partial charge on any atom is 0.378 e. The van der Waals surface area contributed by atoms with Gasteiger partial charge in [-0.15, -0.1) is 11.3 Å². The molecule has 1 unspecified atom stereocenters. The quantitative estimate of drug-likeness (QED) is 0.187. The molecule has 0 amide bonds. The van der Waals surface area contributed by atoms with Crippen LogP contribution in [0.15, 0.2) is 54.6 Å². The van der Waals surface area contributed by atoms with E-state index in [2.05, 4.69) is 4.74 Å². The van der Waals surface area contributed by atoms with Crippen molar-refractivity contribution >= 4 is 27.4 Å². The van der Waals surface area contributed by atoms with Crippen LogP contribution in [0.2, 0.25) is 0 Å². The van der Waals surface area contributed by atoms with Gasteiger partial charge >= 0.3 is 29.7 Å². The molecule has 214 valence electrons. The Kier molecular flexibility index (Phi) is 9.13. The second-order valence-electron chi connectivity index (χ2n) is 8.59. The van der Waals surface area contributed by atoms with E-state index < -0.39 is 68.3 Å². The van der Waals surface area contributed by atoms with Crippen LogP contribution in [-0.2, 0) is 9.53 Å². The largest absolute Gasteiger partial charge is 0.493 e. The molecule has 0 aliphatic rings. The molecule has 1 aromatic heterocycles. The number of halogens is 8. The van der Waals surface area contributed by atoms with Crippen molar-refractivity contribution < 1.29 is 49.4 Å². The number of fused-ring (bicyclic) bond motifs is 1. The van der Waals surface area contributed by atoms with E-state index in [0.717, 1.165) is 15.8 Å². The van der Waals surface area contributed by atoms with E-state index >= 15 is 0 Å². The number of esters is 1. The minimum absolute atomic E-state index is 0.00216. The number of benzene rings is 2. The molecule has 0 fully saturated rings. The summed E-state index contributed by atoms with van der Waals surface area (Å²) in [6.07, 6.45) is -4.14. The fourth-order valence-corrected chi connectivity index (χ4v) is 4.50. The van der Waals surface area contributed by atoms with E-state index in [9.17, 15) is 39.9 Å². The van der Waals surface area contributed by atoms with E-state index in [0.29, 0.717) is 4.70 Å². The lowest BCUT2D eigenvalue weighted by Gasteiger charge is -2.36. The van der Waals surface area contributed by atoms with Gasteiger partial charge in [0.05, 0.1) is 26.1 Å². The van der Waals surface area contributed by atoms with Crippen LogP contribution < -0.4 is 16.2 Å². The van der Waals surface area contributed by atoms with Crippen molar-refractivity contribution in [3.05, 3.63) is 54.6 Å². The van der Waals surface area contributed by atoms with Gasteiger partial charge < -0.3 is 20.9 Å². The van der Waals surface area contributed by atoms with E-state index in [-0.39, 0.29) is 5.75 Å². The third kappa shape index (κ3) is 6.44. The van der Waals surface area contributed by atoms with Gasteiger partial charge in [-0.2, -0.15) is 35.1 Å². The summed E-state index contributed by atoms with van der Waals surface area (Å²) in [5.74, 6) is -25.5. The molecule has 0 spiro atoms. The summed E-state index contributed by atoms with van der Waals surface area (Å²) in [5, 5.41) is 0.792. The summed E-state index contributed by atoms with van der Waals surface area (Å²) in [4.78, 5) is 12.2. The van der Waals surface area contributed by atoms with Crippen LogP contribution in [-0.4, -0.2) is 55.5 Å². The standard InChI is InChI=1S/C25H24F8N2O3S/c26-22(27,24(30,31)25(32,33)23(28,29)9-11-38-21(36)18(35)14-34)8-10-37-17-7-6-16-12-19(39-20(16)13-17)15-4-2-1-3-5-15/h1-7,12-13,18H,8-11,14,34-35H2. The second kappa shape index (κ2) is 11.6. The number of hydrogen-bond donors (Lipinski definition) is 2. The number of thiophene rings is 1. The molecule has 0 saturated heterocycles. The molecule has 4 N–H and O–H groups in total. The summed E-state index contributed by atoms with van der Waals surface area (Å²) in [5.41, 5.74) is 11.1. The van der Waals surface area contributed by atoms with Crippen molar-refractivity contribution in [2.24, 2.45) is 11.5 Å². The van der Waals surface area contributed by atoms with E-state index in [1.165, 1.54) is 23.5 Å². The first-order valence-electron chi connectivity index (χ1n) is 11.5. The summed E-state index contributed by atoms with van der Waals surface area (Å²) < 4.78 is 123. The highest BCUT2D eigenvalue weighted by Gasteiger charge is 2.79. The molecular formula is C25H24F8N2O3S. The fraction of sp³-hybridized carbons (Fsp3) is 0.400. The van der Waals surface area contributed by atoms with Crippen molar-refractivity contribution in [1.29, 1.82) is 0 Å². The molecule has 0 bridgehead atoms. The number of ether oxygens (including phenoxy) is 2.